The fraction of sp³-hybridized carbons (Fsp3) is 0.933. The number of sulfone groups is 1. The molecule has 7 heteroatoms. The van der Waals surface area contributed by atoms with Crippen LogP contribution in [0, 0.1) is 0 Å². The van der Waals surface area contributed by atoms with E-state index in [0.717, 1.165) is 31.6 Å². The Labute approximate surface area is 138 Å². The third-order valence-corrected chi connectivity index (χ3v) is 7.51. The Morgan fingerprint density at radius 1 is 1.18 bits per heavy atom. The Morgan fingerprint density at radius 3 is 2.50 bits per heavy atom. The fourth-order valence-corrected chi connectivity index (χ4v) is 6.17. The number of thioether (sulfide) groups is 1. The lowest BCUT2D eigenvalue weighted by molar-refractivity contribution is -0.132. The van der Waals surface area contributed by atoms with E-state index in [4.69, 9.17) is 0 Å². The largest absolute Gasteiger partial charge is 0.338 e. The number of amides is 1. The molecule has 0 aliphatic carbocycles. The quantitative estimate of drug-likeness (QED) is 0.723. The standard InChI is InChI=1S/C15H28N2O3S2/c1-16(2)8-5-9-17(13-7-11-22(19,20)12-13)15(18)14-6-3-4-10-21-14/h13-14H,3-12H2,1-2H3/t13-,14-/m1/s1. The molecule has 0 aromatic heterocycles. The Hall–Kier alpha value is -0.270. The first-order valence-corrected chi connectivity index (χ1v) is 11.0. The van der Waals surface area contributed by atoms with E-state index in [1.54, 1.807) is 11.8 Å². The fourth-order valence-electron chi connectivity index (χ4n) is 3.17. The molecule has 5 nitrogen and oxygen atoms in total. The van der Waals surface area contributed by atoms with Crippen LogP contribution in [0.15, 0.2) is 0 Å². The molecule has 0 aromatic rings. The van der Waals surface area contributed by atoms with Gasteiger partial charge in [-0.25, -0.2) is 8.42 Å². The summed E-state index contributed by atoms with van der Waals surface area (Å²) in [6.45, 7) is 1.59. The molecule has 0 saturated carbocycles. The molecule has 0 aromatic carbocycles. The summed E-state index contributed by atoms with van der Waals surface area (Å²) < 4.78 is 23.5. The van der Waals surface area contributed by atoms with Gasteiger partial charge in [0.2, 0.25) is 5.91 Å². The molecular formula is C15H28N2O3S2. The highest BCUT2D eigenvalue weighted by atomic mass is 32.2. The van der Waals surface area contributed by atoms with Crippen molar-refractivity contribution in [2.24, 2.45) is 0 Å². The molecule has 2 aliphatic rings. The van der Waals surface area contributed by atoms with Crippen LogP contribution < -0.4 is 0 Å². The van der Waals surface area contributed by atoms with Crippen molar-refractivity contribution in [3.05, 3.63) is 0 Å². The second-order valence-electron chi connectivity index (χ2n) is 6.60. The molecule has 2 rings (SSSR count). The van der Waals surface area contributed by atoms with Gasteiger partial charge < -0.3 is 9.80 Å². The van der Waals surface area contributed by atoms with Gasteiger partial charge in [-0.3, -0.25) is 4.79 Å². The van der Waals surface area contributed by atoms with E-state index in [0.29, 0.717) is 13.0 Å². The molecular weight excluding hydrogens is 320 g/mol. The van der Waals surface area contributed by atoms with Gasteiger partial charge in [0, 0.05) is 12.6 Å². The number of rotatable bonds is 6. The first-order chi connectivity index (χ1) is 10.4. The summed E-state index contributed by atoms with van der Waals surface area (Å²) in [5.41, 5.74) is 0. The average molecular weight is 349 g/mol. The van der Waals surface area contributed by atoms with E-state index in [9.17, 15) is 13.2 Å². The smallest absolute Gasteiger partial charge is 0.235 e. The summed E-state index contributed by atoms with van der Waals surface area (Å²) in [4.78, 5) is 16.9. The summed E-state index contributed by atoms with van der Waals surface area (Å²) in [7, 11) is 1.08. The van der Waals surface area contributed by atoms with Crippen LogP contribution in [0.4, 0.5) is 0 Å². The van der Waals surface area contributed by atoms with Crippen molar-refractivity contribution < 1.29 is 13.2 Å². The average Bonchev–Trinajstić information content (AvgIpc) is 2.83. The van der Waals surface area contributed by atoms with Gasteiger partial charge >= 0.3 is 0 Å². The van der Waals surface area contributed by atoms with Gasteiger partial charge in [-0.15, -0.1) is 11.8 Å². The SMILES string of the molecule is CN(C)CCCN(C(=O)[C@H]1CCCCS1)[C@@H]1CCS(=O)(=O)C1. The van der Waals surface area contributed by atoms with E-state index in [1.807, 2.05) is 19.0 Å². The molecule has 0 N–H and O–H groups in total. The molecule has 1 amide bonds. The van der Waals surface area contributed by atoms with Crippen LogP contribution in [0.5, 0.6) is 0 Å². The van der Waals surface area contributed by atoms with Crippen LogP contribution in [0.3, 0.4) is 0 Å². The van der Waals surface area contributed by atoms with Crippen LogP contribution in [0.1, 0.15) is 32.1 Å². The minimum atomic E-state index is -2.96. The zero-order valence-corrected chi connectivity index (χ0v) is 15.3. The summed E-state index contributed by atoms with van der Waals surface area (Å²) in [6, 6.07) is -0.109. The minimum Gasteiger partial charge on any atom is -0.338 e. The lowest BCUT2D eigenvalue weighted by Gasteiger charge is -2.33. The van der Waals surface area contributed by atoms with Crippen LogP contribution >= 0.6 is 11.8 Å². The Kier molecular flexibility index (Phi) is 6.58. The second kappa shape index (κ2) is 8.02. The number of hydrogen-bond donors (Lipinski definition) is 0. The molecule has 0 unspecified atom stereocenters. The van der Waals surface area contributed by atoms with Crippen molar-refractivity contribution in [3.63, 3.8) is 0 Å². The van der Waals surface area contributed by atoms with Crippen molar-refractivity contribution in [2.75, 3.05) is 44.4 Å². The van der Waals surface area contributed by atoms with Crippen LogP contribution in [-0.2, 0) is 14.6 Å². The van der Waals surface area contributed by atoms with E-state index >= 15 is 0 Å². The second-order valence-corrected chi connectivity index (χ2v) is 10.1. The van der Waals surface area contributed by atoms with Crippen molar-refractivity contribution >= 4 is 27.5 Å². The molecule has 2 fully saturated rings. The zero-order valence-electron chi connectivity index (χ0n) is 13.7. The van der Waals surface area contributed by atoms with Crippen molar-refractivity contribution in [1.29, 1.82) is 0 Å². The summed E-state index contributed by atoms with van der Waals surface area (Å²) in [5.74, 6) is 1.60. The minimum absolute atomic E-state index is 0.0383. The monoisotopic (exact) mass is 348 g/mol. The van der Waals surface area contributed by atoms with Crippen molar-refractivity contribution in [2.45, 2.75) is 43.4 Å². The zero-order chi connectivity index (χ0) is 16.2. The normalized spacial score (nSPS) is 28.0. The predicted octanol–water partition coefficient (Wildman–Crippen LogP) is 1.24. The van der Waals surface area contributed by atoms with Gasteiger partial charge in [0.25, 0.3) is 0 Å². The topological polar surface area (TPSA) is 57.7 Å². The van der Waals surface area contributed by atoms with E-state index in [2.05, 4.69) is 4.90 Å². The first kappa shape index (κ1) is 18.1. The van der Waals surface area contributed by atoms with Crippen molar-refractivity contribution in [3.8, 4) is 0 Å². The molecule has 2 aliphatic heterocycles. The lowest BCUT2D eigenvalue weighted by atomic mass is 10.1. The maximum atomic E-state index is 12.9. The molecule has 2 heterocycles. The molecule has 128 valence electrons. The molecule has 22 heavy (non-hydrogen) atoms. The number of carbonyl (C=O) groups excluding carboxylic acids is 1. The van der Waals surface area contributed by atoms with Crippen molar-refractivity contribution in [1.82, 2.24) is 9.80 Å². The first-order valence-electron chi connectivity index (χ1n) is 8.16. The van der Waals surface area contributed by atoms with Gasteiger partial charge in [0.1, 0.15) is 0 Å². The van der Waals surface area contributed by atoms with Gasteiger partial charge in [-0.05, 0) is 52.1 Å². The third kappa shape index (κ3) is 5.13. The Morgan fingerprint density at radius 2 is 1.95 bits per heavy atom. The van der Waals surface area contributed by atoms with E-state index < -0.39 is 9.84 Å². The highest BCUT2D eigenvalue weighted by molar-refractivity contribution is 8.00. The van der Waals surface area contributed by atoms with Gasteiger partial charge in [-0.1, -0.05) is 6.42 Å². The van der Waals surface area contributed by atoms with E-state index in [1.165, 1.54) is 6.42 Å². The maximum Gasteiger partial charge on any atom is 0.235 e. The number of carbonyl (C=O) groups is 1. The predicted molar refractivity (Wildman–Crippen MR) is 92.0 cm³/mol. The Bertz CT molecular complexity index is 473. The summed E-state index contributed by atoms with van der Waals surface area (Å²) in [5, 5.41) is 0.0383. The molecule has 0 bridgehead atoms. The highest BCUT2D eigenvalue weighted by Gasteiger charge is 2.37. The lowest BCUT2D eigenvalue weighted by Crippen LogP contribution is -2.46. The molecule has 0 spiro atoms. The van der Waals surface area contributed by atoms with Gasteiger partial charge in [0.15, 0.2) is 9.84 Å². The molecule has 2 atom stereocenters. The number of hydrogen-bond acceptors (Lipinski definition) is 5. The van der Waals surface area contributed by atoms with Crippen LogP contribution in [0.25, 0.3) is 0 Å². The summed E-state index contributed by atoms with van der Waals surface area (Å²) in [6.07, 6.45) is 4.73. The molecule has 2 saturated heterocycles. The van der Waals surface area contributed by atoms with E-state index in [-0.39, 0.29) is 28.7 Å². The third-order valence-electron chi connectivity index (χ3n) is 4.39. The van der Waals surface area contributed by atoms with Gasteiger partial charge in [0.05, 0.1) is 16.8 Å². The maximum absolute atomic E-state index is 12.9. The highest BCUT2D eigenvalue weighted by Crippen LogP contribution is 2.29. The summed E-state index contributed by atoms with van der Waals surface area (Å²) >= 11 is 1.75. The van der Waals surface area contributed by atoms with Crippen LogP contribution in [-0.4, -0.2) is 79.9 Å². The molecule has 0 radical (unpaired) electrons. The number of nitrogens with zero attached hydrogens (tertiary/aromatic N) is 2. The Balaban J connectivity index is 2.01. The van der Waals surface area contributed by atoms with Crippen LogP contribution in [0.2, 0.25) is 0 Å². The van der Waals surface area contributed by atoms with Gasteiger partial charge in [-0.2, -0.15) is 0 Å².